The van der Waals surface area contributed by atoms with E-state index in [9.17, 15) is 4.79 Å². The summed E-state index contributed by atoms with van der Waals surface area (Å²) in [5.41, 5.74) is 5.63. The Labute approximate surface area is 104 Å². The lowest BCUT2D eigenvalue weighted by Crippen LogP contribution is -2.48. The zero-order valence-electron chi connectivity index (χ0n) is 11.1. The second-order valence-corrected chi connectivity index (χ2v) is 6.19. The number of amides is 1. The maximum atomic E-state index is 12.0. The first-order chi connectivity index (χ1) is 7.07. The monoisotopic (exact) mass is 244 g/mol. The van der Waals surface area contributed by atoms with E-state index in [1.807, 2.05) is 20.8 Å². The number of hydrogen-bond donors (Lipinski definition) is 2. The van der Waals surface area contributed by atoms with E-state index >= 15 is 0 Å². The van der Waals surface area contributed by atoms with E-state index < -0.39 is 0 Å². The molecule has 94 valence electrons. The maximum absolute atomic E-state index is 12.0. The number of nitrogens with one attached hydrogen (secondary N) is 1. The molecule has 3 nitrogen and oxygen atoms in total. The van der Waals surface area contributed by atoms with Crippen molar-refractivity contribution in [3.05, 3.63) is 0 Å². The van der Waals surface area contributed by atoms with Gasteiger partial charge in [-0.15, -0.1) is 0 Å². The molecular weight excluding hydrogens is 220 g/mol. The van der Waals surface area contributed by atoms with E-state index in [0.717, 1.165) is 0 Å². The lowest BCUT2D eigenvalue weighted by Gasteiger charge is -2.30. The zero-order valence-corrected chi connectivity index (χ0v) is 11.9. The quantitative estimate of drug-likeness (QED) is 0.745. The molecule has 0 bridgehead atoms. The Bertz CT molecular complexity index is 269. The van der Waals surface area contributed by atoms with Crippen molar-refractivity contribution in [1.82, 2.24) is 5.32 Å². The molecule has 3 N–H and O–H groups in total. The van der Waals surface area contributed by atoms with E-state index in [0.29, 0.717) is 0 Å². The van der Waals surface area contributed by atoms with Crippen LogP contribution < -0.4 is 11.1 Å². The predicted molar refractivity (Wildman–Crippen MR) is 72.2 cm³/mol. The van der Waals surface area contributed by atoms with Gasteiger partial charge in [0.05, 0.1) is 10.9 Å². The molecule has 0 aromatic heterocycles. The van der Waals surface area contributed by atoms with Gasteiger partial charge in [-0.25, -0.2) is 0 Å². The normalized spacial score (nSPS) is 15.7. The minimum Gasteiger partial charge on any atom is -0.393 e. The summed E-state index contributed by atoms with van der Waals surface area (Å²) in [4.78, 5) is 12.3. The largest absolute Gasteiger partial charge is 0.393 e. The lowest BCUT2D eigenvalue weighted by molar-refractivity contribution is -0.125. The number of carbonyl (C=O) groups excluding carboxylic acids is 1. The van der Waals surface area contributed by atoms with Gasteiger partial charge < -0.3 is 11.1 Å². The number of nitrogens with two attached hydrogens (primary N) is 1. The van der Waals surface area contributed by atoms with Gasteiger partial charge in [0.2, 0.25) is 5.91 Å². The number of thiocarbonyl (C=S) groups is 1. The van der Waals surface area contributed by atoms with Crippen LogP contribution in [-0.2, 0) is 4.79 Å². The first-order valence-electron chi connectivity index (χ1n) is 5.67. The molecule has 0 saturated heterocycles. The van der Waals surface area contributed by atoms with Crippen molar-refractivity contribution >= 4 is 23.1 Å². The Morgan fingerprint density at radius 3 is 1.94 bits per heavy atom. The molecule has 16 heavy (non-hydrogen) atoms. The molecule has 2 unspecified atom stereocenters. The third-order valence-corrected chi connectivity index (χ3v) is 3.17. The summed E-state index contributed by atoms with van der Waals surface area (Å²) in [5, 5.41) is 2.98. The van der Waals surface area contributed by atoms with Crippen LogP contribution in [0, 0.1) is 17.3 Å². The van der Waals surface area contributed by atoms with Gasteiger partial charge in [0.15, 0.2) is 0 Å². The van der Waals surface area contributed by atoms with E-state index in [-0.39, 0.29) is 34.2 Å². The van der Waals surface area contributed by atoms with Crippen LogP contribution in [0.4, 0.5) is 0 Å². The third-order valence-electron chi connectivity index (χ3n) is 2.91. The highest BCUT2D eigenvalue weighted by atomic mass is 32.1. The molecule has 0 spiro atoms. The van der Waals surface area contributed by atoms with Crippen LogP contribution in [0.25, 0.3) is 0 Å². The average molecular weight is 244 g/mol. The van der Waals surface area contributed by atoms with Crippen LogP contribution in [0.3, 0.4) is 0 Å². The van der Waals surface area contributed by atoms with Gasteiger partial charge in [-0.3, -0.25) is 4.79 Å². The molecule has 0 aromatic carbocycles. The Kier molecular flexibility index (Phi) is 5.39. The Hall–Kier alpha value is -0.640. The molecule has 1 amide bonds. The van der Waals surface area contributed by atoms with Crippen molar-refractivity contribution < 1.29 is 4.79 Å². The van der Waals surface area contributed by atoms with E-state index in [1.54, 1.807) is 0 Å². The van der Waals surface area contributed by atoms with Crippen molar-refractivity contribution in [2.75, 3.05) is 0 Å². The van der Waals surface area contributed by atoms with Gasteiger partial charge in [0.1, 0.15) is 0 Å². The molecule has 0 aliphatic rings. The molecular formula is C12H24N2OS. The number of carbonyl (C=O) groups is 1. The Morgan fingerprint density at radius 1 is 1.25 bits per heavy atom. The van der Waals surface area contributed by atoms with Crippen LogP contribution in [0.15, 0.2) is 0 Å². The van der Waals surface area contributed by atoms with Crippen LogP contribution in [-0.4, -0.2) is 16.9 Å². The fourth-order valence-electron chi connectivity index (χ4n) is 1.28. The van der Waals surface area contributed by atoms with Crippen LogP contribution in [0.1, 0.15) is 41.5 Å². The second-order valence-electron chi connectivity index (χ2n) is 5.72. The van der Waals surface area contributed by atoms with Crippen molar-refractivity contribution in [1.29, 1.82) is 0 Å². The third kappa shape index (κ3) is 4.47. The average Bonchev–Trinajstić information content (AvgIpc) is 1.99. The standard InChI is InChI=1S/C12H24N2OS/c1-7(2)9(10(13)16)11(15)14-8(3)12(4,5)6/h7-9H,1-6H3,(H2,13,16)(H,14,15). The minimum absolute atomic E-state index is 0.0351. The summed E-state index contributed by atoms with van der Waals surface area (Å²) in [5.74, 6) is -0.311. The highest BCUT2D eigenvalue weighted by Crippen LogP contribution is 2.20. The van der Waals surface area contributed by atoms with E-state index in [2.05, 4.69) is 26.1 Å². The van der Waals surface area contributed by atoms with Gasteiger partial charge in [0, 0.05) is 6.04 Å². The summed E-state index contributed by atoms with van der Waals surface area (Å²) >= 11 is 4.93. The second kappa shape index (κ2) is 5.62. The summed E-state index contributed by atoms with van der Waals surface area (Å²) in [6, 6.07) is 0.0931. The highest BCUT2D eigenvalue weighted by molar-refractivity contribution is 7.80. The molecule has 0 aliphatic heterocycles. The van der Waals surface area contributed by atoms with Crippen molar-refractivity contribution in [3.8, 4) is 0 Å². The fourth-order valence-corrected chi connectivity index (χ4v) is 1.66. The smallest absolute Gasteiger partial charge is 0.230 e. The predicted octanol–water partition coefficient (Wildman–Crippen LogP) is 2.10. The summed E-state index contributed by atoms with van der Waals surface area (Å²) in [6.45, 7) is 12.2. The van der Waals surface area contributed by atoms with Gasteiger partial charge in [-0.2, -0.15) is 0 Å². The fraction of sp³-hybridized carbons (Fsp3) is 0.833. The molecule has 2 atom stereocenters. The highest BCUT2D eigenvalue weighted by Gasteiger charge is 2.29. The van der Waals surface area contributed by atoms with Gasteiger partial charge in [-0.05, 0) is 18.3 Å². The van der Waals surface area contributed by atoms with E-state index in [1.165, 1.54) is 0 Å². The lowest BCUT2D eigenvalue weighted by atomic mass is 9.87. The molecule has 0 rings (SSSR count). The van der Waals surface area contributed by atoms with Crippen molar-refractivity contribution in [2.24, 2.45) is 23.0 Å². The van der Waals surface area contributed by atoms with Crippen molar-refractivity contribution in [2.45, 2.75) is 47.6 Å². The van der Waals surface area contributed by atoms with E-state index in [4.69, 9.17) is 18.0 Å². The Balaban J connectivity index is 4.62. The summed E-state index contributed by atoms with van der Waals surface area (Å²) in [7, 11) is 0. The van der Waals surface area contributed by atoms with Crippen LogP contribution in [0.2, 0.25) is 0 Å². The number of rotatable bonds is 4. The topological polar surface area (TPSA) is 55.1 Å². The van der Waals surface area contributed by atoms with Crippen LogP contribution in [0.5, 0.6) is 0 Å². The molecule has 0 aliphatic carbocycles. The molecule has 0 fully saturated rings. The molecule has 0 radical (unpaired) electrons. The summed E-state index contributed by atoms with van der Waals surface area (Å²) in [6.07, 6.45) is 0. The molecule has 0 aromatic rings. The zero-order chi connectivity index (χ0) is 13.1. The van der Waals surface area contributed by atoms with Crippen molar-refractivity contribution in [3.63, 3.8) is 0 Å². The summed E-state index contributed by atoms with van der Waals surface area (Å²) < 4.78 is 0. The number of hydrogen-bond acceptors (Lipinski definition) is 2. The first-order valence-corrected chi connectivity index (χ1v) is 6.08. The first kappa shape index (κ1) is 15.4. The minimum atomic E-state index is -0.375. The van der Waals surface area contributed by atoms with Gasteiger partial charge in [-0.1, -0.05) is 46.8 Å². The SMILES string of the molecule is CC(C)C(C(=O)NC(C)C(C)(C)C)C(N)=S. The molecule has 0 saturated carbocycles. The molecule has 4 heteroatoms. The maximum Gasteiger partial charge on any atom is 0.230 e. The molecule has 0 heterocycles. The van der Waals surface area contributed by atoms with Gasteiger partial charge in [0.25, 0.3) is 0 Å². The van der Waals surface area contributed by atoms with Crippen LogP contribution >= 0.6 is 12.2 Å². The Morgan fingerprint density at radius 2 is 1.69 bits per heavy atom. The van der Waals surface area contributed by atoms with Gasteiger partial charge >= 0.3 is 0 Å².